The number of ether oxygens (including phenoxy) is 1. The summed E-state index contributed by atoms with van der Waals surface area (Å²) in [6, 6.07) is 6.35. The molecule has 0 heterocycles. The Balaban J connectivity index is 1.86. The Bertz CT molecular complexity index is 569. The highest BCUT2D eigenvalue weighted by atomic mass is 19.4. The highest BCUT2D eigenvalue weighted by molar-refractivity contribution is 5.79. The second kappa shape index (κ2) is 8.42. The fourth-order valence-corrected chi connectivity index (χ4v) is 2.38. The lowest BCUT2D eigenvalue weighted by molar-refractivity contribution is -0.153. The van der Waals surface area contributed by atoms with E-state index in [1.165, 1.54) is 12.1 Å². The van der Waals surface area contributed by atoms with Gasteiger partial charge in [0.25, 0.3) is 0 Å². The minimum Gasteiger partial charge on any atom is -0.484 e. The van der Waals surface area contributed by atoms with Gasteiger partial charge in [-0.25, -0.2) is 4.99 Å². The predicted molar refractivity (Wildman–Crippen MR) is 89.6 cm³/mol. The predicted octanol–water partition coefficient (Wildman–Crippen LogP) is 2.60. The summed E-state index contributed by atoms with van der Waals surface area (Å²) in [5, 5.41) is 16.3. The fraction of sp³-hybridized carbons (Fsp3) is 0.588. The summed E-state index contributed by atoms with van der Waals surface area (Å²) in [6.45, 7) is 2.15. The number of guanidine groups is 1. The quantitative estimate of drug-likeness (QED) is 0.517. The molecule has 1 aromatic carbocycles. The molecule has 8 heteroatoms. The third kappa shape index (κ3) is 6.81. The zero-order valence-electron chi connectivity index (χ0n) is 14.2. The van der Waals surface area contributed by atoms with Crippen LogP contribution in [-0.2, 0) is 6.54 Å². The van der Waals surface area contributed by atoms with E-state index in [0.717, 1.165) is 24.8 Å². The van der Waals surface area contributed by atoms with E-state index in [1.54, 1.807) is 12.1 Å². The Hall–Kier alpha value is -1.96. The standard InChI is InChI=1S/C17H24F3N3O2/c1-2-21-15(23-11-16(24)8-3-9-16)22-10-13-4-6-14(7-5-13)25-12-17(18,19)20/h4-7,24H,2-3,8-12H2,1H3,(H2,21,22,23). The van der Waals surface area contributed by atoms with Gasteiger partial charge in [-0.05, 0) is 43.9 Å². The molecule has 5 nitrogen and oxygen atoms in total. The van der Waals surface area contributed by atoms with E-state index in [-0.39, 0.29) is 5.75 Å². The van der Waals surface area contributed by atoms with Crippen molar-refractivity contribution in [1.82, 2.24) is 10.6 Å². The van der Waals surface area contributed by atoms with E-state index in [1.807, 2.05) is 6.92 Å². The Morgan fingerprint density at radius 1 is 1.24 bits per heavy atom. The van der Waals surface area contributed by atoms with Crippen molar-refractivity contribution in [3.05, 3.63) is 29.8 Å². The zero-order valence-corrected chi connectivity index (χ0v) is 14.2. The van der Waals surface area contributed by atoms with E-state index < -0.39 is 18.4 Å². The number of nitrogens with one attached hydrogen (secondary N) is 2. The first-order chi connectivity index (χ1) is 11.8. The third-order valence-electron chi connectivity index (χ3n) is 3.96. The van der Waals surface area contributed by atoms with Crippen molar-refractivity contribution in [3.8, 4) is 5.75 Å². The Labute approximate surface area is 145 Å². The van der Waals surface area contributed by atoms with Crippen LogP contribution in [0.1, 0.15) is 31.7 Å². The summed E-state index contributed by atoms with van der Waals surface area (Å²) in [7, 11) is 0. The van der Waals surface area contributed by atoms with Crippen molar-refractivity contribution in [2.45, 2.75) is 44.5 Å². The van der Waals surface area contributed by atoms with E-state index in [9.17, 15) is 18.3 Å². The molecule has 0 aliphatic heterocycles. The SMILES string of the molecule is CCNC(=NCc1ccc(OCC(F)(F)F)cc1)NCC1(O)CCC1. The van der Waals surface area contributed by atoms with Gasteiger partial charge in [-0.1, -0.05) is 12.1 Å². The summed E-state index contributed by atoms with van der Waals surface area (Å²) < 4.78 is 41.0. The van der Waals surface area contributed by atoms with Crippen LogP contribution in [0.4, 0.5) is 13.2 Å². The number of aliphatic hydroxyl groups is 1. The van der Waals surface area contributed by atoms with Gasteiger partial charge in [0.05, 0.1) is 12.1 Å². The average Bonchev–Trinajstić information content (AvgIpc) is 2.54. The van der Waals surface area contributed by atoms with Crippen LogP contribution in [0.2, 0.25) is 0 Å². The van der Waals surface area contributed by atoms with Crippen LogP contribution in [0.25, 0.3) is 0 Å². The van der Waals surface area contributed by atoms with E-state index in [0.29, 0.717) is 25.6 Å². The zero-order chi connectivity index (χ0) is 18.3. The van der Waals surface area contributed by atoms with Crippen molar-refractivity contribution in [3.63, 3.8) is 0 Å². The molecular formula is C17H24F3N3O2. The first kappa shape index (κ1) is 19.4. The van der Waals surface area contributed by atoms with Gasteiger partial charge in [-0.3, -0.25) is 0 Å². The number of hydrogen-bond donors (Lipinski definition) is 3. The van der Waals surface area contributed by atoms with Crippen LogP contribution >= 0.6 is 0 Å². The number of alkyl halides is 3. The maximum absolute atomic E-state index is 12.1. The molecule has 3 N–H and O–H groups in total. The van der Waals surface area contributed by atoms with Gasteiger partial charge in [0.15, 0.2) is 12.6 Å². The largest absolute Gasteiger partial charge is 0.484 e. The molecule has 0 unspecified atom stereocenters. The van der Waals surface area contributed by atoms with Gasteiger partial charge in [-0.2, -0.15) is 13.2 Å². The van der Waals surface area contributed by atoms with Crippen molar-refractivity contribution in [2.24, 2.45) is 4.99 Å². The molecule has 0 saturated heterocycles. The lowest BCUT2D eigenvalue weighted by Gasteiger charge is -2.36. The van der Waals surface area contributed by atoms with E-state index >= 15 is 0 Å². The van der Waals surface area contributed by atoms with Crippen molar-refractivity contribution in [2.75, 3.05) is 19.7 Å². The maximum atomic E-state index is 12.1. The Kier molecular flexibility index (Phi) is 6.52. The van der Waals surface area contributed by atoms with Gasteiger partial charge < -0.3 is 20.5 Å². The molecule has 0 aromatic heterocycles. The second-order valence-corrected chi connectivity index (χ2v) is 6.17. The van der Waals surface area contributed by atoms with Gasteiger partial charge in [-0.15, -0.1) is 0 Å². The van der Waals surface area contributed by atoms with Gasteiger partial charge >= 0.3 is 6.18 Å². The topological polar surface area (TPSA) is 65.9 Å². The van der Waals surface area contributed by atoms with E-state index in [2.05, 4.69) is 20.4 Å². The lowest BCUT2D eigenvalue weighted by atomic mass is 9.80. The molecule has 0 spiro atoms. The molecule has 1 aromatic rings. The van der Waals surface area contributed by atoms with E-state index in [4.69, 9.17) is 0 Å². The minimum absolute atomic E-state index is 0.169. The summed E-state index contributed by atoms with van der Waals surface area (Å²) in [6.07, 6.45) is -1.73. The third-order valence-corrected chi connectivity index (χ3v) is 3.96. The number of halogens is 3. The molecule has 1 aliphatic rings. The summed E-state index contributed by atoms with van der Waals surface area (Å²) >= 11 is 0. The van der Waals surface area contributed by atoms with Crippen LogP contribution in [-0.4, -0.2) is 42.5 Å². The number of nitrogens with zero attached hydrogens (tertiary/aromatic N) is 1. The van der Waals surface area contributed by atoms with Gasteiger partial charge in [0.1, 0.15) is 5.75 Å². The monoisotopic (exact) mass is 359 g/mol. The maximum Gasteiger partial charge on any atom is 0.422 e. The lowest BCUT2D eigenvalue weighted by Crippen LogP contribution is -2.50. The van der Waals surface area contributed by atoms with Crippen LogP contribution in [0, 0.1) is 0 Å². The Morgan fingerprint density at radius 2 is 1.92 bits per heavy atom. The molecule has 25 heavy (non-hydrogen) atoms. The highest BCUT2D eigenvalue weighted by Gasteiger charge is 2.34. The molecular weight excluding hydrogens is 335 g/mol. The van der Waals surface area contributed by atoms with Crippen LogP contribution in [0.15, 0.2) is 29.3 Å². The molecule has 1 aliphatic carbocycles. The summed E-state index contributed by atoms with van der Waals surface area (Å²) in [4.78, 5) is 4.42. The first-order valence-electron chi connectivity index (χ1n) is 8.33. The molecule has 140 valence electrons. The fourth-order valence-electron chi connectivity index (χ4n) is 2.38. The van der Waals surface area contributed by atoms with Crippen LogP contribution in [0.5, 0.6) is 5.75 Å². The first-order valence-corrected chi connectivity index (χ1v) is 8.33. The Morgan fingerprint density at radius 3 is 2.44 bits per heavy atom. The van der Waals surface area contributed by atoms with Crippen LogP contribution in [0.3, 0.4) is 0 Å². The van der Waals surface area contributed by atoms with Crippen molar-refractivity contribution < 1.29 is 23.0 Å². The van der Waals surface area contributed by atoms with Crippen molar-refractivity contribution >= 4 is 5.96 Å². The average molecular weight is 359 g/mol. The molecule has 2 rings (SSSR count). The molecule has 0 atom stereocenters. The van der Waals surface area contributed by atoms with Crippen molar-refractivity contribution in [1.29, 1.82) is 0 Å². The molecule has 1 fully saturated rings. The number of rotatable bonds is 7. The smallest absolute Gasteiger partial charge is 0.422 e. The highest BCUT2D eigenvalue weighted by Crippen LogP contribution is 2.30. The van der Waals surface area contributed by atoms with Crippen LogP contribution < -0.4 is 15.4 Å². The summed E-state index contributed by atoms with van der Waals surface area (Å²) in [5.74, 6) is 0.766. The number of hydrogen-bond acceptors (Lipinski definition) is 3. The molecule has 1 saturated carbocycles. The molecule has 0 bridgehead atoms. The minimum atomic E-state index is -4.35. The number of benzene rings is 1. The number of aliphatic imine (C=N–C) groups is 1. The molecule has 0 radical (unpaired) electrons. The normalized spacial score (nSPS) is 16.9. The van der Waals surface area contributed by atoms with Gasteiger partial charge in [0.2, 0.25) is 0 Å². The molecule has 0 amide bonds. The second-order valence-electron chi connectivity index (χ2n) is 6.17. The van der Waals surface area contributed by atoms with Gasteiger partial charge in [0, 0.05) is 13.1 Å². The summed E-state index contributed by atoms with van der Waals surface area (Å²) in [5.41, 5.74) is 0.201.